The van der Waals surface area contributed by atoms with E-state index < -0.39 is 9.84 Å². The molecular weight excluding hydrogens is 291 g/mol. The Morgan fingerprint density at radius 1 is 1.38 bits per heavy atom. The Balaban J connectivity index is 2.27. The van der Waals surface area contributed by atoms with Crippen LogP contribution in [0.2, 0.25) is 0 Å². The molecule has 4 nitrogen and oxygen atoms in total. The lowest BCUT2D eigenvalue weighted by molar-refractivity contribution is 0.270. The predicted octanol–water partition coefficient (Wildman–Crippen LogP) is 2.24. The first-order valence-electron chi connectivity index (χ1n) is 7.24. The normalized spacial score (nSPS) is 24.8. The highest BCUT2D eigenvalue weighted by Crippen LogP contribution is 2.37. The number of benzene rings is 1. The molecular formula is C15H23FN2O2S. The minimum absolute atomic E-state index is 0.0276. The number of hydrazine groups is 1. The number of hydrogen-bond acceptors (Lipinski definition) is 4. The van der Waals surface area contributed by atoms with E-state index in [1.807, 2.05) is 6.92 Å². The van der Waals surface area contributed by atoms with Crippen LogP contribution in [0, 0.1) is 18.7 Å². The zero-order valence-corrected chi connectivity index (χ0v) is 13.3. The number of nitrogens with two attached hydrogens (primary N) is 1. The zero-order chi connectivity index (χ0) is 15.6. The van der Waals surface area contributed by atoms with E-state index in [0.717, 1.165) is 18.4 Å². The number of rotatable bonds is 4. The summed E-state index contributed by atoms with van der Waals surface area (Å²) in [6.07, 6.45) is 4.17. The summed E-state index contributed by atoms with van der Waals surface area (Å²) in [5.41, 5.74) is 4.18. The van der Waals surface area contributed by atoms with Gasteiger partial charge in [0.05, 0.1) is 11.3 Å². The van der Waals surface area contributed by atoms with Gasteiger partial charge in [0.2, 0.25) is 0 Å². The van der Waals surface area contributed by atoms with Gasteiger partial charge in [-0.05, 0) is 38.2 Å². The lowest BCUT2D eigenvalue weighted by Crippen LogP contribution is -2.38. The van der Waals surface area contributed by atoms with E-state index in [4.69, 9.17) is 5.84 Å². The molecule has 3 unspecified atom stereocenters. The Bertz CT molecular complexity index is 604. The van der Waals surface area contributed by atoms with E-state index in [0.29, 0.717) is 18.4 Å². The van der Waals surface area contributed by atoms with Gasteiger partial charge in [0.1, 0.15) is 15.7 Å². The van der Waals surface area contributed by atoms with Gasteiger partial charge in [-0.25, -0.2) is 12.8 Å². The molecule has 0 radical (unpaired) electrons. The maximum Gasteiger partial charge on any atom is 0.150 e. The van der Waals surface area contributed by atoms with E-state index in [2.05, 4.69) is 5.43 Å². The van der Waals surface area contributed by atoms with Crippen molar-refractivity contribution in [3.05, 3.63) is 35.1 Å². The third kappa shape index (κ3) is 3.81. The van der Waals surface area contributed by atoms with E-state index in [-0.39, 0.29) is 23.0 Å². The van der Waals surface area contributed by atoms with Crippen LogP contribution in [0.1, 0.15) is 42.9 Å². The van der Waals surface area contributed by atoms with Gasteiger partial charge in [0.25, 0.3) is 0 Å². The van der Waals surface area contributed by atoms with Crippen LogP contribution < -0.4 is 11.3 Å². The first kappa shape index (κ1) is 16.4. The summed E-state index contributed by atoms with van der Waals surface area (Å²) in [4.78, 5) is 0. The van der Waals surface area contributed by atoms with Crippen LogP contribution in [0.5, 0.6) is 0 Å². The fourth-order valence-electron chi connectivity index (χ4n) is 3.25. The highest BCUT2D eigenvalue weighted by Gasteiger charge is 2.34. The van der Waals surface area contributed by atoms with Gasteiger partial charge in [0, 0.05) is 11.8 Å². The van der Waals surface area contributed by atoms with Gasteiger partial charge in [-0.1, -0.05) is 24.1 Å². The number of halogens is 1. The van der Waals surface area contributed by atoms with Crippen LogP contribution in [0.25, 0.3) is 0 Å². The predicted molar refractivity (Wildman–Crippen MR) is 81.8 cm³/mol. The summed E-state index contributed by atoms with van der Waals surface area (Å²) < 4.78 is 37.6. The number of sulfone groups is 1. The van der Waals surface area contributed by atoms with Gasteiger partial charge < -0.3 is 0 Å². The van der Waals surface area contributed by atoms with Gasteiger partial charge in [-0.15, -0.1) is 0 Å². The molecule has 2 rings (SSSR count). The van der Waals surface area contributed by atoms with Gasteiger partial charge >= 0.3 is 0 Å². The van der Waals surface area contributed by atoms with Crippen molar-refractivity contribution in [2.24, 2.45) is 11.8 Å². The number of hydrogen-bond donors (Lipinski definition) is 2. The van der Waals surface area contributed by atoms with Crippen LogP contribution in [-0.4, -0.2) is 19.9 Å². The summed E-state index contributed by atoms with van der Waals surface area (Å²) in [5.74, 6) is 5.37. The Morgan fingerprint density at radius 3 is 2.71 bits per heavy atom. The van der Waals surface area contributed by atoms with Crippen LogP contribution in [-0.2, 0) is 9.84 Å². The van der Waals surface area contributed by atoms with E-state index in [1.54, 1.807) is 12.1 Å². The molecule has 118 valence electrons. The Morgan fingerprint density at radius 2 is 2.10 bits per heavy atom. The van der Waals surface area contributed by atoms with E-state index in [9.17, 15) is 12.8 Å². The molecule has 0 aromatic heterocycles. The van der Waals surface area contributed by atoms with Gasteiger partial charge in [-0.2, -0.15) is 0 Å². The lowest BCUT2D eigenvalue weighted by atomic mass is 9.80. The maximum atomic E-state index is 14.1. The SMILES string of the molecule is Cc1ccc(F)c(C(NN)C2CCCC(S(C)(=O)=O)C2)c1. The standard InChI is InChI=1S/C15H23FN2O2S/c1-10-6-7-14(16)13(8-10)15(18-17)11-4-3-5-12(9-11)21(2,19)20/h6-8,11-12,15,18H,3-5,9,17H2,1-2H3. The van der Waals surface area contributed by atoms with Crippen molar-refractivity contribution in [1.29, 1.82) is 0 Å². The van der Waals surface area contributed by atoms with Crippen LogP contribution in [0.15, 0.2) is 18.2 Å². The molecule has 1 aromatic rings. The third-order valence-corrected chi connectivity index (χ3v) is 6.05. The summed E-state index contributed by atoms with van der Waals surface area (Å²) in [5, 5.41) is -0.347. The van der Waals surface area contributed by atoms with Gasteiger partial charge in [0.15, 0.2) is 0 Å². The molecule has 0 spiro atoms. The van der Waals surface area contributed by atoms with Crippen molar-refractivity contribution in [1.82, 2.24) is 5.43 Å². The van der Waals surface area contributed by atoms with Crippen molar-refractivity contribution >= 4 is 9.84 Å². The highest BCUT2D eigenvalue weighted by molar-refractivity contribution is 7.91. The monoisotopic (exact) mass is 314 g/mol. The van der Waals surface area contributed by atoms with Crippen molar-refractivity contribution in [3.63, 3.8) is 0 Å². The molecule has 0 amide bonds. The summed E-state index contributed by atoms with van der Waals surface area (Å²) in [6, 6.07) is 4.58. The van der Waals surface area contributed by atoms with Crippen LogP contribution >= 0.6 is 0 Å². The largest absolute Gasteiger partial charge is 0.271 e. The molecule has 1 fully saturated rings. The summed E-state index contributed by atoms with van der Waals surface area (Å²) in [7, 11) is -3.06. The van der Waals surface area contributed by atoms with E-state index >= 15 is 0 Å². The number of nitrogens with one attached hydrogen (secondary N) is 1. The topological polar surface area (TPSA) is 72.2 Å². The smallest absolute Gasteiger partial charge is 0.150 e. The lowest BCUT2D eigenvalue weighted by Gasteiger charge is -2.34. The fourth-order valence-corrected chi connectivity index (χ4v) is 4.45. The summed E-state index contributed by atoms with van der Waals surface area (Å²) >= 11 is 0. The second-order valence-corrected chi connectivity index (χ2v) is 8.37. The molecule has 1 aromatic carbocycles. The molecule has 1 aliphatic rings. The molecule has 0 bridgehead atoms. The molecule has 3 N–H and O–H groups in total. The molecule has 1 saturated carbocycles. The number of aryl methyl sites for hydroxylation is 1. The molecule has 0 heterocycles. The van der Waals surface area contributed by atoms with Crippen molar-refractivity contribution in [3.8, 4) is 0 Å². The first-order valence-corrected chi connectivity index (χ1v) is 9.19. The van der Waals surface area contributed by atoms with Crippen molar-refractivity contribution in [2.45, 2.75) is 43.9 Å². The Labute approximate surface area is 125 Å². The van der Waals surface area contributed by atoms with Crippen LogP contribution in [0.4, 0.5) is 4.39 Å². The summed E-state index contributed by atoms with van der Waals surface area (Å²) in [6.45, 7) is 1.90. The minimum atomic E-state index is -3.06. The third-order valence-electron chi connectivity index (χ3n) is 4.41. The minimum Gasteiger partial charge on any atom is -0.271 e. The molecule has 21 heavy (non-hydrogen) atoms. The molecule has 1 aliphatic carbocycles. The molecule has 3 atom stereocenters. The zero-order valence-electron chi connectivity index (χ0n) is 12.5. The van der Waals surface area contributed by atoms with Gasteiger partial charge in [-0.3, -0.25) is 11.3 Å². The maximum absolute atomic E-state index is 14.1. The van der Waals surface area contributed by atoms with E-state index in [1.165, 1.54) is 12.3 Å². The fraction of sp³-hybridized carbons (Fsp3) is 0.600. The quantitative estimate of drug-likeness (QED) is 0.660. The van der Waals surface area contributed by atoms with Crippen LogP contribution in [0.3, 0.4) is 0 Å². The first-order chi connectivity index (χ1) is 9.82. The second-order valence-electron chi connectivity index (χ2n) is 6.05. The average Bonchev–Trinajstić information content (AvgIpc) is 2.43. The van der Waals surface area contributed by atoms with Crippen molar-refractivity contribution in [2.75, 3.05) is 6.26 Å². The second kappa shape index (κ2) is 6.42. The van der Waals surface area contributed by atoms with Crippen molar-refractivity contribution < 1.29 is 12.8 Å². The molecule has 0 saturated heterocycles. The molecule has 6 heteroatoms. The Hall–Kier alpha value is -0.980. The Kier molecular flexibility index (Phi) is 5.01. The average molecular weight is 314 g/mol. The molecule has 0 aliphatic heterocycles. The highest BCUT2D eigenvalue weighted by atomic mass is 32.2.